The van der Waals surface area contributed by atoms with Crippen molar-refractivity contribution in [2.45, 2.75) is 38.1 Å². The van der Waals surface area contributed by atoms with Gasteiger partial charge in [-0.2, -0.15) is 0 Å². The summed E-state index contributed by atoms with van der Waals surface area (Å²) in [5.41, 5.74) is 7.61. The molecule has 0 radical (unpaired) electrons. The Morgan fingerprint density at radius 1 is 1.30 bits per heavy atom. The predicted octanol–water partition coefficient (Wildman–Crippen LogP) is 3.31. The number of rotatable bonds is 2. The molecule has 1 saturated carbocycles. The summed E-state index contributed by atoms with van der Waals surface area (Å²) in [6.07, 6.45) is 6.68. The Kier molecular flexibility index (Phi) is 3.87. The van der Waals surface area contributed by atoms with E-state index in [2.05, 4.69) is 32.1 Å². The van der Waals surface area contributed by atoms with Gasteiger partial charge in [-0.1, -0.05) is 11.6 Å². The van der Waals surface area contributed by atoms with E-state index >= 15 is 0 Å². The summed E-state index contributed by atoms with van der Waals surface area (Å²) in [6, 6.07) is 6.63. The number of hydrogen-bond acceptors (Lipinski definition) is 3. The normalized spacial score (nSPS) is 26.6. The quantitative estimate of drug-likeness (QED) is 0.376. The maximum Gasteiger partial charge on any atom is 0.170 e. The molecule has 2 fully saturated rings. The van der Waals surface area contributed by atoms with Gasteiger partial charge in [-0.25, -0.2) is 0 Å². The number of hydrogen-bond donors (Lipinski definition) is 2. The standard InChI is InChI=1S/C15H20BrN3O/c16-12-9-11(15(17)18-20)6-7-14(12)19-8-2-4-10-3-1-5-13(10)19/h6-7,9-10,13,20H,1-5,8H2,(H2,17,18). The van der Waals surface area contributed by atoms with Gasteiger partial charge >= 0.3 is 0 Å². The third-order valence-corrected chi connectivity index (χ3v) is 5.29. The molecule has 1 aliphatic carbocycles. The van der Waals surface area contributed by atoms with Crippen LogP contribution in [0.15, 0.2) is 27.8 Å². The molecular formula is C15H20BrN3O. The molecule has 4 nitrogen and oxygen atoms in total. The molecule has 1 aromatic carbocycles. The van der Waals surface area contributed by atoms with Crippen molar-refractivity contribution < 1.29 is 5.21 Å². The molecule has 2 unspecified atom stereocenters. The maximum absolute atomic E-state index is 8.76. The zero-order valence-electron chi connectivity index (χ0n) is 11.4. The SMILES string of the molecule is N/C(=N/O)c1ccc(N2CCCC3CCCC32)c(Br)c1. The lowest BCUT2D eigenvalue weighted by atomic mass is 9.91. The maximum atomic E-state index is 8.76. The average Bonchev–Trinajstić information content (AvgIpc) is 2.95. The Morgan fingerprint density at radius 2 is 2.10 bits per heavy atom. The molecule has 1 heterocycles. The number of amidine groups is 1. The molecule has 3 N–H and O–H groups in total. The fraction of sp³-hybridized carbons (Fsp3) is 0.533. The Bertz CT molecular complexity index is 532. The molecule has 5 heteroatoms. The van der Waals surface area contributed by atoms with Gasteiger partial charge in [-0.05, 0) is 65.7 Å². The smallest absolute Gasteiger partial charge is 0.170 e. The first-order valence-corrected chi connectivity index (χ1v) is 8.04. The van der Waals surface area contributed by atoms with Gasteiger partial charge in [0.1, 0.15) is 0 Å². The van der Waals surface area contributed by atoms with Gasteiger partial charge in [-0.3, -0.25) is 0 Å². The first-order chi connectivity index (χ1) is 9.70. The molecule has 0 spiro atoms. The largest absolute Gasteiger partial charge is 0.409 e. The lowest BCUT2D eigenvalue weighted by molar-refractivity contribution is 0.318. The number of anilines is 1. The van der Waals surface area contributed by atoms with E-state index in [0.29, 0.717) is 6.04 Å². The Balaban J connectivity index is 1.90. The van der Waals surface area contributed by atoms with Gasteiger partial charge in [0, 0.05) is 22.6 Å². The van der Waals surface area contributed by atoms with Crippen molar-refractivity contribution in [2.75, 3.05) is 11.4 Å². The molecule has 2 atom stereocenters. The second-order valence-corrected chi connectivity index (χ2v) is 6.60. The monoisotopic (exact) mass is 337 g/mol. The predicted molar refractivity (Wildman–Crippen MR) is 84.4 cm³/mol. The molecule has 0 amide bonds. The van der Waals surface area contributed by atoms with E-state index in [1.54, 1.807) is 0 Å². The van der Waals surface area contributed by atoms with Crippen molar-refractivity contribution in [2.24, 2.45) is 16.8 Å². The summed E-state index contributed by atoms with van der Waals surface area (Å²) in [5.74, 6) is 1.01. The van der Waals surface area contributed by atoms with E-state index in [-0.39, 0.29) is 5.84 Å². The summed E-state index contributed by atoms with van der Waals surface area (Å²) >= 11 is 3.64. The Labute approximate surface area is 127 Å². The fourth-order valence-electron chi connectivity index (χ4n) is 3.71. The second kappa shape index (κ2) is 5.64. The first-order valence-electron chi connectivity index (χ1n) is 7.25. The fourth-order valence-corrected chi connectivity index (χ4v) is 4.32. The van der Waals surface area contributed by atoms with Crippen LogP contribution in [0, 0.1) is 5.92 Å². The van der Waals surface area contributed by atoms with Crippen LogP contribution in [0.2, 0.25) is 0 Å². The van der Waals surface area contributed by atoms with Gasteiger partial charge in [0.25, 0.3) is 0 Å². The number of halogens is 1. The van der Waals surface area contributed by atoms with Crippen LogP contribution in [0.25, 0.3) is 0 Å². The van der Waals surface area contributed by atoms with Crippen LogP contribution in [-0.2, 0) is 0 Å². The topological polar surface area (TPSA) is 61.9 Å². The molecule has 108 valence electrons. The van der Waals surface area contributed by atoms with Gasteiger partial charge in [0.15, 0.2) is 5.84 Å². The molecule has 2 aliphatic rings. The van der Waals surface area contributed by atoms with Crippen molar-refractivity contribution in [3.05, 3.63) is 28.2 Å². The summed E-state index contributed by atoms with van der Waals surface area (Å²) in [4.78, 5) is 2.54. The second-order valence-electron chi connectivity index (χ2n) is 5.75. The molecule has 3 rings (SSSR count). The number of piperidine rings is 1. The Hall–Kier alpha value is -1.23. The highest BCUT2D eigenvalue weighted by molar-refractivity contribution is 9.10. The minimum absolute atomic E-state index is 0.148. The molecular weight excluding hydrogens is 318 g/mol. The van der Waals surface area contributed by atoms with Crippen LogP contribution in [0.4, 0.5) is 5.69 Å². The highest BCUT2D eigenvalue weighted by atomic mass is 79.9. The van der Waals surface area contributed by atoms with Gasteiger partial charge in [0.05, 0.1) is 5.69 Å². The van der Waals surface area contributed by atoms with Crippen LogP contribution in [0.5, 0.6) is 0 Å². The van der Waals surface area contributed by atoms with E-state index in [0.717, 1.165) is 22.5 Å². The van der Waals surface area contributed by atoms with Gasteiger partial charge in [0.2, 0.25) is 0 Å². The number of nitrogens with two attached hydrogens (primary N) is 1. The number of fused-ring (bicyclic) bond motifs is 1. The van der Waals surface area contributed by atoms with Crippen molar-refractivity contribution in [1.82, 2.24) is 0 Å². The van der Waals surface area contributed by atoms with Gasteiger partial charge < -0.3 is 15.8 Å². The zero-order chi connectivity index (χ0) is 14.1. The third-order valence-electron chi connectivity index (χ3n) is 4.65. The molecule has 20 heavy (non-hydrogen) atoms. The average molecular weight is 338 g/mol. The molecule has 1 aliphatic heterocycles. The highest BCUT2D eigenvalue weighted by Crippen LogP contribution is 2.41. The van der Waals surface area contributed by atoms with E-state index in [9.17, 15) is 0 Å². The summed E-state index contributed by atoms with van der Waals surface area (Å²) < 4.78 is 1.02. The minimum atomic E-state index is 0.148. The lowest BCUT2D eigenvalue weighted by Crippen LogP contribution is -2.42. The van der Waals surface area contributed by atoms with E-state index in [1.807, 2.05) is 12.1 Å². The van der Waals surface area contributed by atoms with Crippen LogP contribution < -0.4 is 10.6 Å². The van der Waals surface area contributed by atoms with Crippen LogP contribution in [-0.4, -0.2) is 23.6 Å². The van der Waals surface area contributed by atoms with Crippen LogP contribution >= 0.6 is 15.9 Å². The van der Waals surface area contributed by atoms with Crippen LogP contribution in [0.3, 0.4) is 0 Å². The van der Waals surface area contributed by atoms with Crippen molar-refractivity contribution in [3.63, 3.8) is 0 Å². The van der Waals surface area contributed by atoms with Crippen molar-refractivity contribution in [1.29, 1.82) is 0 Å². The molecule has 0 bridgehead atoms. The third kappa shape index (κ3) is 2.39. The van der Waals surface area contributed by atoms with Crippen molar-refractivity contribution in [3.8, 4) is 0 Å². The first kappa shape index (κ1) is 13.7. The number of nitrogens with zero attached hydrogens (tertiary/aromatic N) is 2. The summed E-state index contributed by atoms with van der Waals surface area (Å²) in [7, 11) is 0. The highest BCUT2D eigenvalue weighted by Gasteiger charge is 2.35. The Morgan fingerprint density at radius 3 is 2.85 bits per heavy atom. The van der Waals surface area contributed by atoms with Gasteiger partial charge in [-0.15, -0.1) is 0 Å². The minimum Gasteiger partial charge on any atom is -0.409 e. The zero-order valence-corrected chi connectivity index (χ0v) is 13.0. The van der Waals surface area contributed by atoms with E-state index in [1.165, 1.54) is 37.8 Å². The molecule has 1 saturated heterocycles. The summed E-state index contributed by atoms with van der Waals surface area (Å²) in [5, 5.41) is 11.8. The summed E-state index contributed by atoms with van der Waals surface area (Å²) in [6.45, 7) is 1.13. The van der Waals surface area contributed by atoms with E-state index < -0.39 is 0 Å². The molecule has 0 aromatic heterocycles. The van der Waals surface area contributed by atoms with Crippen LogP contribution in [0.1, 0.15) is 37.7 Å². The number of benzene rings is 1. The lowest BCUT2D eigenvalue weighted by Gasteiger charge is -2.40. The van der Waals surface area contributed by atoms with E-state index in [4.69, 9.17) is 10.9 Å². The van der Waals surface area contributed by atoms with Crippen molar-refractivity contribution >= 4 is 27.5 Å². The molecule has 1 aromatic rings. The number of oxime groups is 1.